The van der Waals surface area contributed by atoms with E-state index in [9.17, 15) is 0 Å². The third kappa shape index (κ3) is 2.09. The molecule has 15 heavy (non-hydrogen) atoms. The van der Waals surface area contributed by atoms with Gasteiger partial charge in [-0.05, 0) is 30.5 Å². The molecule has 2 nitrogen and oxygen atoms in total. The Bertz CT molecular complexity index is 440. The molecule has 2 heteroatoms. The zero-order chi connectivity index (χ0) is 10.8. The molecular weight excluding hydrogens is 186 g/mol. The van der Waals surface area contributed by atoms with Crippen LogP contribution in [0, 0.1) is 6.92 Å². The van der Waals surface area contributed by atoms with Crippen LogP contribution in [0.1, 0.15) is 31.0 Å². The van der Waals surface area contributed by atoms with Crippen LogP contribution in [0.15, 0.2) is 34.9 Å². The highest BCUT2D eigenvalue weighted by molar-refractivity contribution is 5.53. The highest BCUT2D eigenvalue weighted by Gasteiger charge is 2.05. The monoisotopic (exact) mass is 201 g/mol. The van der Waals surface area contributed by atoms with Crippen LogP contribution in [0.3, 0.4) is 0 Å². The lowest BCUT2D eigenvalue weighted by Gasteiger charge is -2.04. The van der Waals surface area contributed by atoms with Crippen LogP contribution in [0.25, 0.3) is 11.5 Å². The Morgan fingerprint density at radius 1 is 1.13 bits per heavy atom. The Balaban J connectivity index is 2.31. The summed E-state index contributed by atoms with van der Waals surface area (Å²) in [5, 5.41) is 0. The summed E-state index contributed by atoms with van der Waals surface area (Å²) in [5.41, 5.74) is 3.28. The van der Waals surface area contributed by atoms with E-state index in [2.05, 4.69) is 43.1 Å². The summed E-state index contributed by atoms with van der Waals surface area (Å²) in [5.74, 6) is 1.26. The van der Waals surface area contributed by atoms with E-state index in [1.165, 1.54) is 5.56 Å². The van der Waals surface area contributed by atoms with Gasteiger partial charge in [-0.25, -0.2) is 4.98 Å². The Morgan fingerprint density at radius 3 is 2.27 bits per heavy atom. The van der Waals surface area contributed by atoms with Crippen LogP contribution in [0.2, 0.25) is 0 Å². The van der Waals surface area contributed by atoms with Crippen molar-refractivity contribution in [2.75, 3.05) is 0 Å². The van der Waals surface area contributed by atoms with Crippen molar-refractivity contribution < 1.29 is 4.42 Å². The summed E-state index contributed by atoms with van der Waals surface area (Å²) >= 11 is 0. The molecule has 0 aliphatic rings. The average molecular weight is 201 g/mol. The highest BCUT2D eigenvalue weighted by atomic mass is 16.3. The van der Waals surface area contributed by atoms with Crippen molar-refractivity contribution in [2.45, 2.75) is 26.7 Å². The van der Waals surface area contributed by atoms with Crippen molar-refractivity contribution in [1.82, 2.24) is 4.98 Å². The fourth-order valence-electron chi connectivity index (χ4n) is 1.50. The predicted molar refractivity (Wildman–Crippen MR) is 60.8 cm³/mol. The molecule has 2 aromatic rings. The number of oxazole rings is 1. The van der Waals surface area contributed by atoms with Crippen LogP contribution >= 0.6 is 0 Å². The summed E-state index contributed by atoms with van der Waals surface area (Å²) in [6.45, 7) is 6.30. The van der Waals surface area contributed by atoms with E-state index in [4.69, 9.17) is 4.42 Å². The SMILES string of the molecule is Cc1coc(-c2ccc(C(C)C)cc2)n1. The van der Waals surface area contributed by atoms with Crippen LogP contribution < -0.4 is 0 Å². The minimum atomic E-state index is 0.561. The molecule has 0 saturated carbocycles. The normalized spacial score (nSPS) is 10.9. The molecule has 0 fully saturated rings. The third-order valence-electron chi connectivity index (χ3n) is 2.44. The van der Waals surface area contributed by atoms with E-state index in [-0.39, 0.29) is 0 Å². The topological polar surface area (TPSA) is 26.0 Å². The summed E-state index contributed by atoms with van der Waals surface area (Å²) in [7, 11) is 0. The molecule has 0 aliphatic carbocycles. The van der Waals surface area contributed by atoms with Crippen LogP contribution in [-0.4, -0.2) is 4.98 Å². The van der Waals surface area contributed by atoms with Crippen LogP contribution in [-0.2, 0) is 0 Å². The van der Waals surface area contributed by atoms with Gasteiger partial charge >= 0.3 is 0 Å². The molecule has 0 spiro atoms. The van der Waals surface area contributed by atoms with Gasteiger partial charge in [0.05, 0.1) is 5.69 Å². The fourth-order valence-corrected chi connectivity index (χ4v) is 1.50. The molecule has 0 atom stereocenters. The van der Waals surface area contributed by atoms with Crippen LogP contribution in [0.5, 0.6) is 0 Å². The summed E-state index contributed by atoms with van der Waals surface area (Å²) in [4.78, 5) is 4.29. The lowest BCUT2D eigenvalue weighted by atomic mass is 10.0. The molecule has 1 aromatic heterocycles. The van der Waals surface area contributed by atoms with Crippen molar-refractivity contribution in [3.05, 3.63) is 41.8 Å². The minimum Gasteiger partial charge on any atom is -0.444 e. The Labute approximate surface area is 90.0 Å². The second-order valence-electron chi connectivity index (χ2n) is 4.07. The second-order valence-corrected chi connectivity index (χ2v) is 4.07. The standard InChI is InChI=1S/C13H15NO/c1-9(2)11-4-6-12(7-5-11)13-14-10(3)8-15-13/h4-9H,1-3H3. The van der Waals surface area contributed by atoms with Crippen molar-refractivity contribution >= 4 is 0 Å². The van der Waals surface area contributed by atoms with Gasteiger partial charge in [-0.2, -0.15) is 0 Å². The fraction of sp³-hybridized carbons (Fsp3) is 0.308. The average Bonchev–Trinajstić information content (AvgIpc) is 2.65. The number of rotatable bonds is 2. The van der Waals surface area contributed by atoms with Gasteiger partial charge in [0.15, 0.2) is 0 Å². The number of hydrogen-bond donors (Lipinski definition) is 0. The number of hydrogen-bond acceptors (Lipinski definition) is 2. The van der Waals surface area contributed by atoms with Gasteiger partial charge in [0.2, 0.25) is 5.89 Å². The van der Waals surface area contributed by atoms with Gasteiger partial charge in [0.1, 0.15) is 6.26 Å². The number of nitrogens with zero attached hydrogens (tertiary/aromatic N) is 1. The Kier molecular flexibility index (Phi) is 2.58. The summed E-state index contributed by atoms with van der Waals surface area (Å²) in [6.07, 6.45) is 1.67. The van der Waals surface area contributed by atoms with E-state index in [1.807, 2.05) is 6.92 Å². The zero-order valence-electron chi connectivity index (χ0n) is 9.32. The van der Waals surface area contributed by atoms with E-state index >= 15 is 0 Å². The second kappa shape index (κ2) is 3.89. The molecule has 0 amide bonds. The van der Waals surface area contributed by atoms with E-state index < -0.39 is 0 Å². The van der Waals surface area contributed by atoms with Gasteiger partial charge in [-0.15, -0.1) is 0 Å². The predicted octanol–water partition coefficient (Wildman–Crippen LogP) is 3.77. The zero-order valence-corrected chi connectivity index (χ0v) is 9.32. The smallest absolute Gasteiger partial charge is 0.226 e. The highest BCUT2D eigenvalue weighted by Crippen LogP contribution is 2.21. The maximum atomic E-state index is 5.34. The van der Waals surface area contributed by atoms with Crippen molar-refractivity contribution in [3.63, 3.8) is 0 Å². The quantitative estimate of drug-likeness (QED) is 0.739. The van der Waals surface area contributed by atoms with Crippen molar-refractivity contribution in [1.29, 1.82) is 0 Å². The Morgan fingerprint density at radius 2 is 1.80 bits per heavy atom. The number of aryl methyl sites for hydroxylation is 1. The lowest BCUT2D eigenvalue weighted by Crippen LogP contribution is -1.86. The van der Waals surface area contributed by atoms with Crippen LogP contribution in [0.4, 0.5) is 0 Å². The molecule has 0 N–H and O–H groups in total. The number of aromatic nitrogens is 1. The molecule has 1 heterocycles. The van der Waals surface area contributed by atoms with Gasteiger partial charge < -0.3 is 4.42 Å². The van der Waals surface area contributed by atoms with E-state index in [0.717, 1.165) is 11.3 Å². The largest absolute Gasteiger partial charge is 0.444 e. The van der Waals surface area contributed by atoms with E-state index in [0.29, 0.717) is 11.8 Å². The molecule has 0 bridgehead atoms. The minimum absolute atomic E-state index is 0.561. The third-order valence-corrected chi connectivity index (χ3v) is 2.44. The maximum Gasteiger partial charge on any atom is 0.226 e. The molecule has 78 valence electrons. The molecule has 0 unspecified atom stereocenters. The van der Waals surface area contributed by atoms with Gasteiger partial charge in [0, 0.05) is 5.56 Å². The Hall–Kier alpha value is -1.57. The van der Waals surface area contributed by atoms with Crippen molar-refractivity contribution in [3.8, 4) is 11.5 Å². The maximum absolute atomic E-state index is 5.34. The first-order valence-corrected chi connectivity index (χ1v) is 5.19. The molecule has 0 aliphatic heterocycles. The lowest BCUT2D eigenvalue weighted by molar-refractivity contribution is 0.573. The first-order chi connectivity index (χ1) is 7.16. The molecule has 0 saturated heterocycles. The van der Waals surface area contributed by atoms with Gasteiger partial charge in [-0.1, -0.05) is 26.0 Å². The molecular formula is C13H15NO. The van der Waals surface area contributed by atoms with E-state index in [1.54, 1.807) is 6.26 Å². The molecule has 1 aromatic carbocycles. The van der Waals surface area contributed by atoms with Gasteiger partial charge in [-0.3, -0.25) is 0 Å². The molecule has 0 radical (unpaired) electrons. The first-order valence-electron chi connectivity index (χ1n) is 5.19. The van der Waals surface area contributed by atoms with Gasteiger partial charge in [0.25, 0.3) is 0 Å². The summed E-state index contributed by atoms with van der Waals surface area (Å²) < 4.78 is 5.34. The molecule has 2 rings (SSSR count). The summed E-state index contributed by atoms with van der Waals surface area (Å²) in [6, 6.07) is 8.36. The number of benzene rings is 1. The first kappa shape index (κ1) is 9.97. The van der Waals surface area contributed by atoms with Crippen molar-refractivity contribution in [2.24, 2.45) is 0 Å².